The van der Waals surface area contributed by atoms with Crippen LogP contribution in [-0.4, -0.2) is 37.7 Å². The molecule has 1 aliphatic heterocycles. The average Bonchev–Trinajstić information content (AvgIpc) is 2.32. The molecule has 0 spiro atoms. The molecule has 1 aromatic rings. The third-order valence-electron chi connectivity index (χ3n) is 2.51. The molecular formula is C13H16NO. The maximum absolute atomic E-state index is 5.29. The van der Waals surface area contributed by atoms with Crippen LogP contribution in [0.3, 0.4) is 0 Å². The Kier molecular flexibility index (Phi) is 3.94. The SMILES string of the molecule is [c]1cccc(/C=C/CN2CCOCC2)c1. The Labute approximate surface area is 91.2 Å². The maximum atomic E-state index is 5.29. The number of ether oxygens (including phenoxy) is 1. The van der Waals surface area contributed by atoms with Gasteiger partial charge in [0.15, 0.2) is 0 Å². The van der Waals surface area contributed by atoms with E-state index in [0.717, 1.165) is 32.8 Å². The molecule has 0 aromatic heterocycles. The van der Waals surface area contributed by atoms with Crippen LogP contribution in [0.4, 0.5) is 0 Å². The van der Waals surface area contributed by atoms with Crippen LogP contribution in [0.15, 0.2) is 30.3 Å². The Morgan fingerprint density at radius 1 is 1.40 bits per heavy atom. The molecule has 2 nitrogen and oxygen atoms in total. The number of rotatable bonds is 3. The summed E-state index contributed by atoms with van der Waals surface area (Å²) in [5.74, 6) is 0. The lowest BCUT2D eigenvalue weighted by Crippen LogP contribution is -2.36. The van der Waals surface area contributed by atoms with E-state index in [1.54, 1.807) is 0 Å². The van der Waals surface area contributed by atoms with Crippen LogP contribution in [0.1, 0.15) is 5.56 Å². The van der Waals surface area contributed by atoms with E-state index in [1.165, 1.54) is 5.56 Å². The van der Waals surface area contributed by atoms with Crippen molar-refractivity contribution in [3.8, 4) is 0 Å². The maximum Gasteiger partial charge on any atom is 0.0594 e. The third kappa shape index (κ3) is 3.50. The molecule has 79 valence electrons. The van der Waals surface area contributed by atoms with Crippen molar-refractivity contribution in [2.45, 2.75) is 0 Å². The first-order chi connectivity index (χ1) is 7.45. The van der Waals surface area contributed by atoms with E-state index in [4.69, 9.17) is 4.74 Å². The van der Waals surface area contributed by atoms with Crippen molar-refractivity contribution in [3.05, 3.63) is 42.0 Å². The molecule has 1 heterocycles. The minimum atomic E-state index is 0.868. The van der Waals surface area contributed by atoms with Gasteiger partial charge in [-0.2, -0.15) is 0 Å². The molecule has 2 rings (SSSR count). The topological polar surface area (TPSA) is 12.5 Å². The van der Waals surface area contributed by atoms with E-state index in [-0.39, 0.29) is 0 Å². The van der Waals surface area contributed by atoms with E-state index >= 15 is 0 Å². The van der Waals surface area contributed by atoms with Gasteiger partial charge < -0.3 is 4.74 Å². The molecule has 1 radical (unpaired) electrons. The zero-order chi connectivity index (χ0) is 10.3. The van der Waals surface area contributed by atoms with E-state index < -0.39 is 0 Å². The van der Waals surface area contributed by atoms with Gasteiger partial charge in [-0.05, 0) is 17.7 Å². The minimum Gasteiger partial charge on any atom is -0.379 e. The Morgan fingerprint density at radius 2 is 2.27 bits per heavy atom. The van der Waals surface area contributed by atoms with Crippen molar-refractivity contribution in [1.29, 1.82) is 0 Å². The summed E-state index contributed by atoms with van der Waals surface area (Å²) in [5.41, 5.74) is 1.21. The summed E-state index contributed by atoms with van der Waals surface area (Å²) in [5, 5.41) is 0. The smallest absolute Gasteiger partial charge is 0.0594 e. The van der Waals surface area contributed by atoms with Gasteiger partial charge in [0.25, 0.3) is 0 Å². The molecule has 0 bridgehead atoms. The van der Waals surface area contributed by atoms with Crippen LogP contribution < -0.4 is 0 Å². The van der Waals surface area contributed by atoms with Gasteiger partial charge in [-0.3, -0.25) is 4.90 Å². The molecule has 0 amide bonds. The first kappa shape index (κ1) is 10.4. The summed E-state index contributed by atoms with van der Waals surface area (Å²) >= 11 is 0. The molecule has 2 heteroatoms. The number of benzene rings is 1. The zero-order valence-electron chi connectivity index (χ0n) is 8.86. The van der Waals surface area contributed by atoms with Crippen molar-refractivity contribution in [1.82, 2.24) is 4.90 Å². The van der Waals surface area contributed by atoms with Gasteiger partial charge in [-0.15, -0.1) is 0 Å². The van der Waals surface area contributed by atoms with Gasteiger partial charge in [-0.25, -0.2) is 0 Å². The van der Waals surface area contributed by atoms with E-state index in [9.17, 15) is 0 Å². The minimum absolute atomic E-state index is 0.868. The lowest BCUT2D eigenvalue weighted by atomic mass is 10.2. The Balaban J connectivity index is 1.79. The summed E-state index contributed by atoms with van der Waals surface area (Å²) in [6, 6.07) is 11.1. The van der Waals surface area contributed by atoms with Crippen LogP contribution in [-0.2, 0) is 4.74 Å². The highest BCUT2D eigenvalue weighted by Crippen LogP contribution is 2.02. The molecular weight excluding hydrogens is 186 g/mol. The Morgan fingerprint density at radius 3 is 3.00 bits per heavy atom. The monoisotopic (exact) mass is 202 g/mol. The second kappa shape index (κ2) is 5.69. The second-order valence-electron chi connectivity index (χ2n) is 3.65. The largest absolute Gasteiger partial charge is 0.379 e. The van der Waals surface area contributed by atoms with Crippen molar-refractivity contribution in [2.24, 2.45) is 0 Å². The molecule has 1 aromatic carbocycles. The third-order valence-corrected chi connectivity index (χ3v) is 2.51. The number of hydrogen-bond donors (Lipinski definition) is 0. The van der Waals surface area contributed by atoms with Gasteiger partial charge >= 0.3 is 0 Å². The number of morpholine rings is 1. The lowest BCUT2D eigenvalue weighted by molar-refractivity contribution is 0.0435. The molecule has 0 atom stereocenters. The summed E-state index contributed by atoms with van der Waals surface area (Å²) in [6.07, 6.45) is 4.35. The van der Waals surface area contributed by atoms with Gasteiger partial charge in [-0.1, -0.05) is 30.4 Å². The van der Waals surface area contributed by atoms with Crippen LogP contribution in [0.5, 0.6) is 0 Å². The first-order valence-corrected chi connectivity index (χ1v) is 5.38. The second-order valence-corrected chi connectivity index (χ2v) is 3.65. The van der Waals surface area contributed by atoms with Crippen molar-refractivity contribution < 1.29 is 4.74 Å². The highest BCUT2D eigenvalue weighted by molar-refractivity contribution is 5.48. The highest BCUT2D eigenvalue weighted by atomic mass is 16.5. The molecule has 1 fully saturated rings. The summed E-state index contributed by atoms with van der Waals surface area (Å²) in [7, 11) is 0. The Bertz CT molecular complexity index is 302. The molecule has 0 unspecified atom stereocenters. The quantitative estimate of drug-likeness (QED) is 0.741. The first-order valence-electron chi connectivity index (χ1n) is 5.38. The standard InChI is InChI=1S/C13H16NO/c1-2-5-13(6-3-1)7-4-8-14-9-11-15-12-10-14/h1-2,4-7H,8-12H2/b7-4+. The molecule has 0 saturated carbocycles. The van der Waals surface area contributed by atoms with Gasteiger partial charge in [0.1, 0.15) is 0 Å². The summed E-state index contributed by atoms with van der Waals surface area (Å²) in [4.78, 5) is 2.40. The van der Waals surface area contributed by atoms with E-state index in [2.05, 4.69) is 29.2 Å². The summed E-state index contributed by atoms with van der Waals surface area (Å²) in [6.45, 7) is 4.84. The predicted octanol–water partition coefficient (Wildman–Crippen LogP) is 1.83. The predicted molar refractivity (Wildman–Crippen MR) is 61.6 cm³/mol. The van der Waals surface area contributed by atoms with Gasteiger partial charge in [0.2, 0.25) is 0 Å². The summed E-state index contributed by atoms with van der Waals surface area (Å²) < 4.78 is 5.29. The zero-order valence-corrected chi connectivity index (χ0v) is 8.86. The molecule has 0 aliphatic carbocycles. The number of hydrogen-bond acceptors (Lipinski definition) is 2. The fourth-order valence-corrected chi connectivity index (χ4v) is 1.63. The van der Waals surface area contributed by atoms with Gasteiger partial charge in [0, 0.05) is 19.6 Å². The van der Waals surface area contributed by atoms with Crippen LogP contribution in [0.2, 0.25) is 0 Å². The normalized spacial score (nSPS) is 18.4. The molecule has 1 aliphatic rings. The molecule has 15 heavy (non-hydrogen) atoms. The van der Waals surface area contributed by atoms with Gasteiger partial charge in [0.05, 0.1) is 13.2 Å². The highest BCUT2D eigenvalue weighted by Gasteiger charge is 2.07. The van der Waals surface area contributed by atoms with Crippen molar-refractivity contribution >= 4 is 6.08 Å². The lowest BCUT2D eigenvalue weighted by Gasteiger charge is -2.25. The van der Waals surface area contributed by atoms with Crippen molar-refractivity contribution in [2.75, 3.05) is 32.8 Å². The van der Waals surface area contributed by atoms with Crippen molar-refractivity contribution in [3.63, 3.8) is 0 Å². The van der Waals surface area contributed by atoms with Crippen LogP contribution in [0.25, 0.3) is 6.08 Å². The number of nitrogens with zero attached hydrogens (tertiary/aromatic N) is 1. The van der Waals surface area contributed by atoms with E-state index in [1.807, 2.05) is 18.2 Å². The van der Waals surface area contributed by atoms with Crippen LogP contribution >= 0.6 is 0 Å². The Hall–Kier alpha value is -1.12. The fraction of sp³-hybridized carbons (Fsp3) is 0.385. The molecule has 0 N–H and O–H groups in total. The fourth-order valence-electron chi connectivity index (χ4n) is 1.63. The van der Waals surface area contributed by atoms with E-state index in [0.29, 0.717) is 0 Å². The average molecular weight is 202 g/mol. The molecule has 1 saturated heterocycles. The van der Waals surface area contributed by atoms with Crippen LogP contribution in [0, 0.1) is 6.07 Å².